The normalized spacial score (nSPS) is 22.8. The van der Waals surface area contributed by atoms with Gasteiger partial charge in [-0.25, -0.2) is 0 Å². The van der Waals surface area contributed by atoms with Gasteiger partial charge in [-0.05, 0) is 17.7 Å². The highest BCUT2D eigenvalue weighted by Gasteiger charge is 2.23. The summed E-state index contributed by atoms with van der Waals surface area (Å²) in [6, 6.07) is 0. The Morgan fingerprint density at radius 2 is 2.20 bits per heavy atom. The van der Waals surface area contributed by atoms with Gasteiger partial charge in [-0.2, -0.15) is 0 Å². The minimum atomic E-state index is 0.632. The van der Waals surface area contributed by atoms with Crippen molar-refractivity contribution in [1.29, 1.82) is 0 Å². The first-order chi connectivity index (χ1) is 7.34. The Hall–Kier alpha value is -1.90. The van der Waals surface area contributed by atoms with Crippen molar-refractivity contribution in [2.75, 3.05) is 6.61 Å². The molecule has 0 saturated carbocycles. The highest BCUT2D eigenvalue weighted by atomic mass is 16.5. The second kappa shape index (κ2) is 3.05. The molecule has 76 valence electrons. The molecule has 0 aromatic rings. The summed E-state index contributed by atoms with van der Waals surface area (Å²) < 4.78 is 10.9. The third kappa shape index (κ3) is 1.28. The van der Waals surface area contributed by atoms with Crippen molar-refractivity contribution in [3.05, 3.63) is 58.9 Å². The second-order valence-corrected chi connectivity index (χ2v) is 3.64. The maximum atomic E-state index is 5.90. The highest BCUT2D eigenvalue weighted by Crippen LogP contribution is 2.35. The molecule has 0 unspecified atom stereocenters. The van der Waals surface area contributed by atoms with E-state index < -0.39 is 0 Å². The van der Waals surface area contributed by atoms with E-state index in [1.54, 1.807) is 12.3 Å². The van der Waals surface area contributed by atoms with Crippen molar-refractivity contribution in [2.24, 2.45) is 5.73 Å². The Morgan fingerprint density at radius 3 is 3.13 bits per heavy atom. The average Bonchev–Trinajstić information content (AvgIpc) is 2.27. The number of allylic oxidation sites excluding steroid dienone is 5. The van der Waals surface area contributed by atoms with Crippen LogP contribution in [0.2, 0.25) is 0 Å². The molecule has 0 fully saturated rings. The molecule has 3 aliphatic rings. The van der Waals surface area contributed by atoms with Crippen LogP contribution in [0.3, 0.4) is 0 Å². The van der Waals surface area contributed by atoms with Crippen molar-refractivity contribution < 1.29 is 9.47 Å². The third-order valence-electron chi connectivity index (χ3n) is 2.69. The fourth-order valence-electron chi connectivity index (χ4n) is 1.90. The van der Waals surface area contributed by atoms with Gasteiger partial charge in [-0.15, -0.1) is 0 Å². The molecule has 0 aromatic carbocycles. The fraction of sp³-hybridized carbons (Fsp3) is 0.167. The molecule has 1 aliphatic carbocycles. The van der Waals surface area contributed by atoms with E-state index in [1.807, 2.05) is 12.2 Å². The van der Waals surface area contributed by atoms with Gasteiger partial charge in [0.25, 0.3) is 0 Å². The van der Waals surface area contributed by atoms with E-state index >= 15 is 0 Å². The third-order valence-corrected chi connectivity index (χ3v) is 2.69. The molecular formula is C12H11NO2. The number of hydrogen-bond acceptors (Lipinski definition) is 3. The van der Waals surface area contributed by atoms with Crippen LogP contribution < -0.4 is 5.73 Å². The summed E-state index contributed by atoms with van der Waals surface area (Å²) in [7, 11) is 0. The van der Waals surface area contributed by atoms with Crippen LogP contribution in [0.25, 0.3) is 0 Å². The SMILES string of the molecule is NC1=C2CC3=C(C=C2OC=C1)OCC=C3. The van der Waals surface area contributed by atoms with Crippen LogP contribution in [-0.2, 0) is 9.47 Å². The lowest BCUT2D eigenvalue weighted by Gasteiger charge is -2.25. The van der Waals surface area contributed by atoms with Crippen molar-refractivity contribution in [3.63, 3.8) is 0 Å². The Kier molecular flexibility index (Phi) is 1.71. The fourth-order valence-corrected chi connectivity index (χ4v) is 1.90. The van der Waals surface area contributed by atoms with Crippen LogP contribution in [0.15, 0.2) is 58.9 Å². The van der Waals surface area contributed by atoms with Crippen LogP contribution in [-0.4, -0.2) is 6.61 Å². The molecule has 0 radical (unpaired) electrons. The number of fused-ring (bicyclic) bond motifs is 1. The average molecular weight is 201 g/mol. The van der Waals surface area contributed by atoms with Gasteiger partial charge < -0.3 is 15.2 Å². The first-order valence-corrected chi connectivity index (χ1v) is 4.91. The lowest BCUT2D eigenvalue weighted by atomic mass is 9.93. The molecule has 0 aromatic heterocycles. The predicted octanol–water partition coefficient (Wildman–Crippen LogP) is 1.87. The van der Waals surface area contributed by atoms with Gasteiger partial charge in [0.1, 0.15) is 18.1 Å². The zero-order valence-corrected chi connectivity index (χ0v) is 8.19. The van der Waals surface area contributed by atoms with Gasteiger partial charge >= 0.3 is 0 Å². The van der Waals surface area contributed by atoms with Crippen molar-refractivity contribution in [3.8, 4) is 0 Å². The predicted molar refractivity (Wildman–Crippen MR) is 56.3 cm³/mol. The molecule has 0 amide bonds. The van der Waals surface area contributed by atoms with Crippen LogP contribution in [0.5, 0.6) is 0 Å². The standard InChI is InChI=1S/C12H11NO2/c13-10-3-5-15-12-7-11-8(6-9(10)12)2-1-4-14-11/h1-3,5,7H,4,6,13H2. The van der Waals surface area contributed by atoms with Crippen LogP contribution >= 0.6 is 0 Å². The van der Waals surface area contributed by atoms with E-state index in [1.165, 1.54) is 5.57 Å². The van der Waals surface area contributed by atoms with E-state index in [4.69, 9.17) is 15.2 Å². The van der Waals surface area contributed by atoms with Crippen LogP contribution in [0.4, 0.5) is 0 Å². The summed E-state index contributed by atoms with van der Waals surface area (Å²) in [4.78, 5) is 0. The molecule has 3 rings (SSSR count). The quantitative estimate of drug-likeness (QED) is 0.650. The lowest BCUT2D eigenvalue weighted by molar-refractivity contribution is 0.245. The van der Waals surface area contributed by atoms with Gasteiger partial charge in [-0.3, -0.25) is 0 Å². The molecular weight excluding hydrogens is 190 g/mol. The number of nitrogens with two attached hydrogens (primary N) is 1. The summed E-state index contributed by atoms with van der Waals surface area (Å²) in [6.07, 6.45) is 10.2. The van der Waals surface area contributed by atoms with Crippen LogP contribution in [0, 0.1) is 0 Å². The van der Waals surface area contributed by atoms with Crippen molar-refractivity contribution in [1.82, 2.24) is 0 Å². The summed E-state index contributed by atoms with van der Waals surface area (Å²) in [6.45, 7) is 0.632. The largest absolute Gasteiger partial charge is 0.489 e. The molecule has 3 heteroatoms. The maximum absolute atomic E-state index is 5.90. The van der Waals surface area contributed by atoms with E-state index in [2.05, 4.69) is 6.08 Å². The van der Waals surface area contributed by atoms with E-state index in [-0.39, 0.29) is 0 Å². The molecule has 0 atom stereocenters. The summed E-state index contributed by atoms with van der Waals surface area (Å²) >= 11 is 0. The van der Waals surface area contributed by atoms with E-state index in [0.717, 1.165) is 29.2 Å². The number of ether oxygens (including phenoxy) is 2. The van der Waals surface area contributed by atoms with Gasteiger partial charge in [0, 0.05) is 23.8 Å². The Balaban J connectivity index is 2.07. The monoisotopic (exact) mass is 201 g/mol. The Labute approximate surface area is 87.9 Å². The zero-order chi connectivity index (χ0) is 10.3. The topological polar surface area (TPSA) is 44.5 Å². The van der Waals surface area contributed by atoms with Crippen molar-refractivity contribution >= 4 is 0 Å². The summed E-state index contributed by atoms with van der Waals surface area (Å²) in [5.74, 6) is 1.71. The first kappa shape index (κ1) is 8.41. The number of hydrogen-bond donors (Lipinski definition) is 1. The minimum Gasteiger partial charge on any atom is -0.489 e. The maximum Gasteiger partial charge on any atom is 0.135 e. The molecule has 0 spiro atoms. The van der Waals surface area contributed by atoms with Gasteiger partial charge in [0.2, 0.25) is 0 Å². The Bertz CT molecular complexity index is 464. The first-order valence-electron chi connectivity index (χ1n) is 4.91. The molecule has 2 heterocycles. The second-order valence-electron chi connectivity index (χ2n) is 3.64. The molecule has 15 heavy (non-hydrogen) atoms. The summed E-state index contributed by atoms with van der Waals surface area (Å²) in [5, 5.41) is 0. The number of rotatable bonds is 0. The minimum absolute atomic E-state index is 0.632. The highest BCUT2D eigenvalue weighted by molar-refractivity contribution is 5.51. The molecule has 3 nitrogen and oxygen atoms in total. The zero-order valence-electron chi connectivity index (χ0n) is 8.19. The smallest absolute Gasteiger partial charge is 0.135 e. The van der Waals surface area contributed by atoms with E-state index in [0.29, 0.717) is 6.61 Å². The van der Waals surface area contributed by atoms with Gasteiger partial charge in [0.05, 0.1) is 6.26 Å². The van der Waals surface area contributed by atoms with E-state index in [9.17, 15) is 0 Å². The molecule has 2 aliphatic heterocycles. The molecule has 0 bridgehead atoms. The summed E-state index contributed by atoms with van der Waals surface area (Å²) in [5.41, 5.74) is 8.89. The van der Waals surface area contributed by atoms with Crippen LogP contribution in [0.1, 0.15) is 6.42 Å². The molecule has 0 saturated heterocycles. The van der Waals surface area contributed by atoms with Gasteiger partial charge in [-0.1, -0.05) is 6.08 Å². The van der Waals surface area contributed by atoms with Gasteiger partial charge in [0.15, 0.2) is 0 Å². The molecule has 2 N–H and O–H groups in total. The lowest BCUT2D eigenvalue weighted by Crippen LogP contribution is -2.14. The Morgan fingerprint density at radius 1 is 1.27 bits per heavy atom. The van der Waals surface area contributed by atoms with Crippen molar-refractivity contribution in [2.45, 2.75) is 6.42 Å².